The molecule has 1 N–H and O–H groups in total. The normalized spacial score (nSPS) is 12.5. The molecule has 0 bridgehead atoms. The van der Waals surface area contributed by atoms with Crippen LogP contribution in [-0.4, -0.2) is 50.9 Å². The van der Waals surface area contributed by atoms with Crippen molar-refractivity contribution in [1.82, 2.24) is 10.2 Å². The van der Waals surface area contributed by atoms with Gasteiger partial charge in [-0.25, -0.2) is 8.42 Å². The van der Waals surface area contributed by atoms with Gasteiger partial charge in [0.05, 0.1) is 17.7 Å². The van der Waals surface area contributed by atoms with Crippen LogP contribution in [0.1, 0.15) is 37.0 Å². The number of anilines is 1. The third-order valence-electron chi connectivity index (χ3n) is 7.80. The quantitative estimate of drug-likeness (QED) is 0.169. The van der Waals surface area contributed by atoms with Gasteiger partial charge in [-0.2, -0.15) is 0 Å². The molecule has 4 aromatic carbocycles. The van der Waals surface area contributed by atoms with Crippen LogP contribution in [0.5, 0.6) is 5.75 Å². The van der Waals surface area contributed by atoms with Gasteiger partial charge in [0, 0.05) is 24.0 Å². The number of nitrogens with one attached hydrogen (secondary N) is 1. The summed E-state index contributed by atoms with van der Waals surface area (Å²) in [5.41, 5.74) is 2.47. The summed E-state index contributed by atoms with van der Waals surface area (Å²) in [4.78, 5) is 30.1. The molecule has 0 unspecified atom stereocenters. The van der Waals surface area contributed by atoms with Gasteiger partial charge in [-0.15, -0.1) is 0 Å². The van der Waals surface area contributed by atoms with Crippen molar-refractivity contribution in [3.63, 3.8) is 0 Å². The highest BCUT2D eigenvalue weighted by Crippen LogP contribution is 2.30. The predicted molar refractivity (Wildman–Crippen MR) is 183 cm³/mol. The monoisotopic (exact) mass is 661 g/mol. The van der Waals surface area contributed by atoms with E-state index in [9.17, 15) is 18.0 Å². The Balaban J connectivity index is 1.83. The Bertz CT molecular complexity index is 1740. The molecule has 0 aliphatic heterocycles. The number of aryl methyl sites for hydroxylation is 1. The number of methoxy groups -OCH3 is 1. The molecule has 0 radical (unpaired) electrons. The van der Waals surface area contributed by atoms with Gasteiger partial charge in [-0.05, 0) is 79.4 Å². The summed E-state index contributed by atoms with van der Waals surface area (Å²) in [5, 5.41) is 3.48. The van der Waals surface area contributed by atoms with Gasteiger partial charge >= 0.3 is 0 Å². The summed E-state index contributed by atoms with van der Waals surface area (Å²) in [6.45, 7) is 5.11. The molecule has 4 rings (SSSR count). The Labute approximate surface area is 277 Å². The lowest BCUT2D eigenvalue weighted by Crippen LogP contribution is -2.54. The topological polar surface area (TPSA) is 96.0 Å². The van der Waals surface area contributed by atoms with E-state index in [0.29, 0.717) is 28.4 Å². The molecule has 0 aromatic heterocycles. The van der Waals surface area contributed by atoms with E-state index in [-0.39, 0.29) is 29.8 Å². The van der Waals surface area contributed by atoms with Crippen LogP contribution in [0.4, 0.5) is 5.69 Å². The van der Waals surface area contributed by atoms with Crippen LogP contribution in [0.2, 0.25) is 5.02 Å². The van der Waals surface area contributed by atoms with E-state index < -0.39 is 28.5 Å². The molecular weight excluding hydrogens is 622 g/mol. The molecule has 0 heterocycles. The molecule has 0 aliphatic rings. The van der Waals surface area contributed by atoms with Crippen LogP contribution in [-0.2, 0) is 32.6 Å². The highest BCUT2D eigenvalue weighted by Gasteiger charge is 2.35. The van der Waals surface area contributed by atoms with E-state index in [1.807, 2.05) is 56.3 Å². The van der Waals surface area contributed by atoms with E-state index in [1.54, 1.807) is 62.6 Å². The molecule has 8 nitrogen and oxygen atoms in total. The fourth-order valence-corrected chi connectivity index (χ4v) is 6.82. The number of hydrogen-bond donors (Lipinski definition) is 1. The number of halogens is 1. The fourth-order valence-electron chi connectivity index (χ4n) is 5.09. The second kappa shape index (κ2) is 15.8. The van der Waals surface area contributed by atoms with Crippen LogP contribution in [0.25, 0.3) is 0 Å². The molecule has 2 atom stereocenters. The number of ether oxygens (including phenoxy) is 1. The highest BCUT2D eigenvalue weighted by atomic mass is 35.5. The molecule has 0 saturated carbocycles. The average Bonchev–Trinajstić information content (AvgIpc) is 3.06. The smallest absolute Gasteiger partial charge is 0.264 e. The van der Waals surface area contributed by atoms with E-state index in [0.717, 1.165) is 15.4 Å². The van der Waals surface area contributed by atoms with Gasteiger partial charge in [0.15, 0.2) is 0 Å². The Kier molecular flexibility index (Phi) is 11.8. The average molecular weight is 662 g/mol. The Morgan fingerprint density at radius 2 is 1.54 bits per heavy atom. The van der Waals surface area contributed by atoms with Crippen molar-refractivity contribution in [2.45, 2.75) is 57.1 Å². The maximum absolute atomic E-state index is 14.6. The number of nitrogens with zero attached hydrogens (tertiary/aromatic N) is 2. The van der Waals surface area contributed by atoms with Crippen LogP contribution < -0.4 is 14.4 Å². The number of carbonyl (C=O) groups excluding carboxylic acids is 2. The van der Waals surface area contributed by atoms with Gasteiger partial charge in [-0.1, -0.05) is 79.2 Å². The van der Waals surface area contributed by atoms with Crippen molar-refractivity contribution in [1.29, 1.82) is 0 Å². The first-order valence-corrected chi connectivity index (χ1v) is 17.0. The number of benzene rings is 4. The predicted octanol–water partition coefficient (Wildman–Crippen LogP) is 6.41. The van der Waals surface area contributed by atoms with Gasteiger partial charge in [0.2, 0.25) is 11.8 Å². The van der Waals surface area contributed by atoms with E-state index in [1.165, 1.54) is 17.0 Å². The van der Waals surface area contributed by atoms with Crippen molar-refractivity contribution in [2.24, 2.45) is 0 Å². The third kappa shape index (κ3) is 8.68. The summed E-state index contributed by atoms with van der Waals surface area (Å²) in [6.07, 6.45) is 0.927. The molecule has 0 spiro atoms. The zero-order chi connectivity index (χ0) is 33.3. The molecule has 0 aliphatic carbocycles. The third-order valence-corrected chi connectivity index (χ3v) is 9.81. The molecule has 0 fully saturated rings. The minimum atomic E-state index is -4.21. The lowest BCUT2D eigenvalue weighted by Gasteiger charge is -2.34. The lowest BCUT2D eigenvalue weighted by molar-refractivity contribution is -0.140. The highest BCUT2D eigenvalue weighted by molar-refractivity contribution is 7.92. The van der Waals surface area contributed by atoms with Crippen molar-refractivity contribution in [2.75, 3.05) is 18.0 Å². The molecule has 10 heteroatoms. The molecular formula is C36H40ClN3O5S. The number of hydrogen-bond acceptors (Lipinski definition) is 5. The minimum absolute atomic E-state index is 0.0341. The summed E-state index contributed by atoms with van der Waals surface area (Å²) in [5.74, 6) is -0.273. The summed E-state index contributed by atoms with van der Waals surface area (Å²) < 4.78 is 34.9. The van der Waals surface area contributed by atoms with E-state index in [4.69, 9.17) is 16.3 Å². The number of amides is 2. The lowest BCUT2D eigenvalue weighted by atomic mass is 10.0. The number of rotatable bonds is 14. The zero-order valence-corrected chi connectivity index (χ0v) is 28.1. The van der Waals surface area contributed by atoms with Crippen molar-refractivity contribution < 1.29 is 22.7 Å². The zero-order valence-electron chi connectivity index (χ0n) is 26.5. The van der Waals surface area contributed by atoms with Crippen LogP contribution in [0, 0.1) is 6.92 Å². The SMILES string of the molecule is CC[C@H](C)NC(=O)[C@H](Cc1ccccc1)N(Cc1cccc(OC)c1)C(=O)CN(c1ccc(Cl)cc1C)S(=O)(=O)c1ccccc1. The summed E-state index contributed by atoms with van der Waals surface area (Å²) >= 11 is 6.23. The minimum Gasteiger partial charge on any atom is -0.497 e. The van der Waals surface area contributed by atoms with Crippen LogP contribution in [0.15, 0.2) is 108 Å². The van der Waals surface area contributed by atoms with Gasteiger partial charge in [0.1, 0.15) is 18.3 Å². The van der Waals surface area contributed by atoms with Crippen LogP contribution in [0.3, 0.4) is 0 Å². The Hall–Kier alpha value is -4.34. The molecule has 4 aromatic rings. The fraction of sp³-hybridized carbons (Fsp3) is 0.278. The van der Waals surface area contributed by atoms with E-state index in [2.05, 4.69) is 5.32 Å². The van der Waals surface area contributed by atoms with Crippen molar-refractivity contribution in [3.05, 3.63) is 125 Å². The first-order chi connectivity index (χ1) is 22.0. The van der Waals surface area contributed by atoms with Crippen molar-refractivity contribution >= 4 is 39.1 Å². The summed E-state index contributed by atoms with van der Waals surface area (Å²) in [7, 11) is -2.65. The van der Waals surface area contributed by atoms with Gasteiger partial charge < -0.3 is 15.0 Å². The summed E-state index contributed by atoms with van der Waals surface area (Å²) in [6, 6.07) is 28.4. The largest absolute Gasteiger partial charge is 0.497 e. The Morgan fingerprint density at radius 3 is 2.17 bits per heavy atom. The molecule has 2 amide bonds. The van der Waals surface area contributed by atoms with Crippen LogP contribution >= 0.6 is 11.6 Å². The Morgan fingerprint density at radius 1 is 0.891 bits per heavy atom. The standard InChI is InChI=1S/C36H40ClN3O5S/c1-5-27(3)38-36(42)34(23-28-13-8-6-9-14-28)39(24-29-15-12-16-31(22-29)45-4)35(41)25-40(33-20-19-30(37)21-26(33)2)46(43,44)32-17-10-7-11-18-32/h6-22,27,34H,5,23-25H2,1-4H3,(H,38,42)/t27-,34-/m0/s1. The molecule has 242 valence electrons. The second-order valence-electron chi connectivity index (χ2n) is 11.2. The van der Waals surface area contributed by atoms with Gasteiger partial charge in [-0.3, -0.25) is 13.9 Å². The van der Waals surface area contributed by atoms with Gasteiger partial charge in [0.25, 0.3) is 10.0 Å². The van der Waals surface area contributed by atoms with Crippen molar-refractivity contribution in [3.8, 4) is 5.75 Å². The maximum Gasteiger partial charge on any atom is 0.264 e. The first kappa shape index (κ1) is 34.5. The molecule has 46 heavy (non-hydrogen) atoms. The first-order valence-electron chi connectivity index (χ1n) is 15.1. The number of carbonyl (C=O) groups is 2. The number of sulfonamides is 1. The second-order valence-corrected chi connectivity index (χ2v) is 13.5. The van der Waals surface area contributed by atoms with E-state index >= 15 is 0 Å². The maximum atomic E-state index is 14.6. The molecule has 0 saturated heterocycles.